The average molecular weight is 404 g/mol. The Morgan fingerprint density at radius 3 is 2.96 bits per heavy atom. The molecule has 0 aliphatic heterocycles. The van der Waals surface area contributed by atoms with Gasteiger partial charge in [-0.1, -0.05) is 29.4 Å². The Labute approximate surface area is 163 Å². The van der Waals surface area contributed by atoms with Crippen LogP contribution in [-0.2, 0) is 18.3 Å². The smallest absolute Gasteiger partial charge is 0.234 e. The van der Waals surface area contributed by atoms with E-state index in [1.165, 1.54) is 16.6 Å². The van der Waals surface area contributed by atoms with Crippen LogP contribution in [0.4, 0.5) is 5.69 Å². The predicted molar refractivity (Wildman–Crippen MR) is 104 cm³/mol. The topological polar surface area (TPSA) is 83.6 Å². The number of nitrogens with zero attached hydrogens (tertiary/aromatic N) is 4. The SMILES string of the molecule is Cn1c(Cc2cccs2)nnc1SCC(=O)Nc1ccc(C#N)c(Cl)c1. The van der Waals surface area contributed by atoms with Gasteiger partial charge >= 0.3 is 0 Å². The molecule has 0 radical (unpaired) electrons. The van der Waals surface area contributed by atoms with Gasteiger partial charge in [-0.3, -0.25) is 4.79 Å². The zero-order chi connectivity index (χ0) is 18.5. The van der Waals surface area contributed by atoms with Crippen molar-refractivity contribution in [3.63, 3.8) is 0 Å². The van der Waals surface area contributed by atoms with Crippen molar-refractivity contribution in [2.24, 2.45) is 7.05 Å². The molecule has 132 valence electrons. The van der Waals surface area contributed by atoms with Crippen molar-refractivity contribution >= 4 is 46.3 Å². The minimum absolute atomic E-state index is 0.182. The number of thiophene rings is 1. The fourth-order valence-corrected chi connectivity index (χ4v) is 3.86. The molecule has 0 aliphatic carbocycles. The summed E-state index contributed by atoms with van der Waals surface area (Å²) in [6.45, 7) is 0. The Kier molecular flexibility index (Phi) is 5.93. The number of benzene rings is 1. The largest absolute Gasteiger partial charge is 0.325 e. The summed E-state index contributed by atoms with van der Waals surface area (Å²) in [4.78, 5) is 13.3. The van der Waals surface area contributed by atoms with Gasteiger partial charge in [0.1, 0.15) is 11.9 Å². The lowest BCUT2D eigenvalue weighted by molar-refractivity contribution is -0.113. The summed E-state index contributed by atoms with van der Waals surface area (Å²) in [5.41, 5.74) is 0.923. The molecule has 2 heterocycles. The number of hydrogen-bond donors (Lipinski definition) is 1. The molecule has 0 aliphatic rings. The van der Waals surface area contributed by atoms with Gasteiger partial charge in [-0.15, -0.1) is 21.5 Å². The number of thioether (sulfide) groups is 1. The Morgan fingerprint density at radius 1 is 1.42 bits per heavy atom. The van der Waals surface area contributed by atoms with E-state index >= 15 is 0 Å². The van der Waals surface area contributed by atoms with Crippen LogP contribution in [0.2, 0.25) is 5.02 Å². The highest BCUT2D eigenvalue weighted by Crippen LogP contribution is 2.22. The Balaban J connectivity index is 1.57. The maximum Gasteiger partial charge on any atom is 0.234 e. The molecular weight excluding hydrogens is 390 g/mol. The maximum absolute atomic E-state index is 12.1. The molecule has 9 heteroatoms. The lowest BCUT2D eigenvalue weighted by Gasteiger charge is -2.06. The van der Waals surface area contributed by atoms with Crippen LogP contribution in [-0.4, -0.2) is 26.4 Å². The van der Waals surface area contributed by atoms with Crippen LogP contribution in [0.1, 0.15) is 16.3 Å². The van der Waals surface area contributed by atoms with Gasteiger partial charge in [0.25, 0.3) is 0 Å². The number of halogens is 1. The summed E-state index contributed by atoms with van der Waals surface area (Å²) in [6, 6.07) is 10.8. The van der Waals surface area contributed by atoms with E-state index in [1.807, 2.05) is 29.1 Å². The first-order valence-electron chi connectivity index (χ1n) is 7.60. The van der Waals surface area contributed by atoms with Crippen LogP contribution in [0.3, 0.4) is 0 Å². The van der Waals surface area contributed by atoms with Crippen LogP contribution in [0, 0.1) is 11.3 Å². The second-order valence-electron chi connectivity index (χ2n) is 5.36. The molecular formula is C17H14ClN5OS2. The first kappa shape index (κ1) is 18.5. The fraction of sp³-hybridized carbons (Fsp3) is 0.176. The summed E-state index contributed by atoms with van der Waals surface area (Å²) in [5, 5.41) is 23.0. The second-order valence-corrected chi connectivity index (χ2v) is 7.74. The van der Waals surface area contributed by atoms with Crippen molar-refractivity contribution in [1.29, 1.82) is 5.26 Å². The van der Waals surface area contributed by atoms with E-state index in [1.54, 1.807) is 29.5 Å². The monoisotopic (exact) mass is 403 g/mol. The number of nitriles is 1. The van der Waals surface area contributed by atoms with Gasteiger partial charge in [0.15, 0.2) is 5.16 Å². The standard InChI is InChI=1S/C17H14ClN5OS2/c1-23-15(8-13-3-2-6-25-13)21-22-17(23)26-10-16(24)20-12-5-4-11(9-19)14(18)7-12/h2-7H,8,10H2,1H3,(H,20,24). The van der Waals surface area contributed by atoms with Gasteiger partial charge < -0.3 is 9.88 Å². The van der Waals surface area contributed by atoms with E-state index in [0.29, 0.717) is 21.4 Å². The van der Waals surface area contributed by atoms with Crippen LogP contribution >= 0.6 is 34.7 Å². The molecule has 1 aromatic carbocycles. The Bertz CT molecular complexity index is 962. The van der Waals surface area contributed by atoms with Crippen molar-refractivity contribution in [2.45, 2.75) is 11.6 Å². The highest BCUT2D eigenvalue weighted by atomic mass is 35.5. The van der Waals surface area contributed by atoms with Crippen molar-refractivity contribution in [3.05, 3.63) is 57.0 Å². The molecule has 0 unspecified atom stereocenters. The number of nitrogens with one attached hydrogen (secondary N) is 1. The van der Waals surface area contributed by atoms with E-state index in [4.69, 9.17) is 16.9 Å². The molecule has 3 rings (SSSR count). The summed E-state index contributed by atoms with van der Waals surface area (Å²) >= 11 is 8.96. The average Bonchev–Trinajstić information content (AvgIpc) is 3.25. The number of anilines is 1. The molecule has 3 aromatic rings. The summed E-state index contributed by atoms with van der Waals surface area (Å²) in [6.07, 6.45) is 0.720. The number of aromatic nitrogens is 3. The van der Waals surface area contributed by atoms with Crippen LogP contribution in [0.25, 0.3) is 0 Å². The van der Waals surface area contributed by atoms with Crippen LogP contribution < -0.4 is 5.32 Å². The molecule has 0 fully saturated rings. The van der Waals surface area contributed by atoms with Gasteiger partial charge in [0.05, 0.1) is 16.3 Å². The highest BCUT2D eigenvalue weighted by Gasteiger charge is 2.13. The molecule has 1 N–H and O–H groups in total. The number of carbonyl (C=O) groups excluding carboxylic acids is 1. The number of rotatable bonds is 6. The Morgan fingerprint density at radius 2 is 2.27 bits per heavy atom. The summed E-state index contributed by atoms with van der Waals surface area (Å²) < 4.78 is 1.90. The van der Waals surface area contributed by atoms with Crippen molar-refractivity contribution in [2.75, 3.05) is 11.1 Å². The van der Waals surface area contributed by atoms with Crippen LogP contribution in [0.5, 0.6) is 0 Å². The molecule has 0 bridgehead atoms. The van der Waals surface area contributed by atoms with Gasteiger partial charge in [-0.2, -0.15) is 5.26 Å². The van der Waals surface area contributed by atoms with Gasteiger partial charge in [0.2, 0.25) is 5.91 Å². The number of amides is 1. The third-order valence-electron chi connectivity index (χ3n) is 3.54. The second kappa shape index (κ2) is 8.36. The lowest BCUT2D eigenvalue weighted by atomic mass is 10.2. The molecule has 0 atom stereocenters. The van der Waals surface area contributed by atoms with E-state index in [9.17, 15) is 4.79 Å². The number of hydrogen-bond acceptors (Lipinski definition) is 6. The predicted octanol–water partition coefficient (Wildman–Crippen LogP) is 3.72. The summed E-state index contributed by atoms with van der Waals surface area (Å²) in [5.74, 6) is 0.871. The fourth-order valence-electron chi connectivity index (χ4n) is 2.20. The molecule has 2 aromatic heterocycles. The first-order valence-corrected chi connectivity index (χ1v) is 9.84. The molecule has 0 spiro atoms. The third-order valence-corrected chi connectivity index (χ3v) is 5.75. The van der Waals surface area contributed by atoms with Gasteiger partial charge in [0, 0.05) is 24.0 Å². The third kappa shape index (κ3) is 4.43. The van der Waals surface area contributed by atoms with Crippen molar-refractivity contribution in [3.8, 4) is 6.07 Å². The zero-order valence-corrected chi connectivity index (χ0v) is 16.2. The minimum atomic E-state index is -0.182. The quantitative estimate of drug-likeness (QED) is 0.634. The molecule has 1 amide bonds. The number of carbonyl (C=O) groups is 1. The highest BCUT2D eigenvalue weighted by molar-refractivity contribution is 7.99. The summed E-state index contributed by atoms with van der Waals surface area (Å²) in [7, 11) is 1.89. The first-order chi connectivity index (χ1) is 12.6. The van der Waals surface area contributed by atoms with E-state index < -0.39 is 0 Å². The lowest BCUT2D eigenvalue weighted by Crippen LogP contribution is -2.14. The minimum Gasteiger partial charge on any atom is -0.325 e. The van der Waals surface area contributed by atoms with E-state index in [0.717, 1.165) is 12.2 Å². The van der Waals surface area contributed by atoms with Gasteiger partial charge in [-0.05, 0) is 29.6 Å². The Hall–Kier alpha value is -2.34. The molecule has 6 nitrogen and oxygen atoms in total. The van der Waals surface area contributed by atoms with Crippen LogP contribution in [0.15, 0.2) is 40.9 Å². The maximum atomic E-state index is 12.1. The van der Waals surface area contributed by atoms with Gasteiger partial charge in [-0.25, -0.2) is 0 Å². The molecule has 0 saturated heterocycles. The zero-order valence-electron chi connectivity index (χ0n) is 13.8. The van der Waals surface area contributed by atoms with Crippen molar-refractivity contribution in [1.82, 2.24) is 14.8 Å². The normalized spacial score (nSPS) is 10.5. The van der Waals surface area contributed by atoms with E-state index in [2.05, 4.69) is 21.6 Å². The van der Waals surface area contributed by atoms with E-state index in [-0.39, 0.29) is 11.7 Å². The van der Waals surface area contributed by atoms with Crippen molar-refractivity contribution < 1.29 is 4.79 Å². The molecule has 26 heavy (non-hydrogen) atoms. The molecule has 0 saturated carbocycles.